The molecule has 2 saturated heterocycles. The van der Waals surface area contributed by atoms with Crippen LogP contribution in [0.15, 0.2) is 24.3 Å². The van der Waals surface area contributed by atoms with Gasteiger partial charge in [-0.15, -0.1) is 0 Å². The maximum atomic E-state index is 12.9. The molecule has 2 N–H and O–H groups in total. The number of urea groups is 1. The summed E-state index contributed by atoms with van der Waals surface area (Å²) in [6, 6.07) is 5.54. The van der Waals surface area contributed by atoms with Crippen LogP contribution in [-0.4, -0.2) is 85.7 Å². The van der Waals surface area contributed by atoms with E-state index in [1.807, 2.05) is 6.92 Å². The second-order valence-electron chi connectivity index (χ2n) is 8.87. The molecule has 0 aliphatic carbocycles. The molecule has 31 heavy (non-hydrogen) atoms. The molecule has 0 bridgehead atoms. The Hall–Kier alpha value is -1.84. The average Bonchev–Trinajstić information content (AvgIpc) is 2.71. The lowest BCUT2D eigenvalue weighted by molar-refractivity contribution is -0.137. The zero-order valence-electron chi connectivity index (χ0n) is 18.4. The number of nitrogens with zero attached hydrogens (tertiary/aromatic N) is 3. The highest BCUT2D eigenvalue weighted by atomic mass is 19.4. The zero-order valence-corrected chi connectivity index (χ0v) is 18.4. The van der Waals surface area contributed by atoms with Crippen molar-refractivity contribution in [3.8, 4) is 0 Å². The quantitative estimate of drug-likeness (QED) is 0.713. The fourth-order valence-electron chi connectivity index (χ4n) is 4.25. The van der Waals surface area contributed by atoms with Gasteiger partial charge in [0.25, 0.3) is 0 Å². The van der Waals surface area contributed by atoms with E-state index < -0.39 is 11.7 Å². The van der Waals surface area contributed by atoms with Gasteiger partial charge < -0.3 is 15.5 Å². The number of rotatable bonds is 6. The number of piperidine rings is 1. The number of carbonyl (C=O) groups excluding carboxylic acids is 1. The molecule has 0 saturated carbocycles. The second kappa shape index (κ2) is 10.7. The third-order valence-electron chi connectivity index (χ3n) is 6.09. The molecule has 0 spiro atoms. The topological polar surface area (TPSA) is 50.9 Å². The number of amides is 2. The first-order valence-corrected chi connectivity index (χ1v) is 11.1. The van der Waals surface area contributed by atoms with Crippen molar-refractivity contribution in [1.82, 2.24) is 25.3 Å². The van der Waals surface area contributed by atoms with Gasteiger partial charge in [0, 0.05) is 64.4 Å². The number of hydrogen-bond donors (Lipinski definition) is 2. The molecule has 1 atom stereocenters. The van der Waals surface area contributed by atoms with Crippen LogP contribution in [0.2, 0.25) is 0 Å². The summed E-state index contributed by atoms with van der Waals surface area (Å²) < 4.78 is 38.7. The van der Waals surface area contributed by atoms with Crippen LogP contribution in [-0.2, 0) is 12.7 Å². The summed E-state index contributed by atoms with van der Waals surface area (Å²) in [4.78, 5) is 19.2. The fourth-order valence-corrected chi connectivity index (χ4v) is 4.25. The number of hydrogen-bond acceptors (Lipinski definition) is 4. The molecule has 2 aliphatic rings. The fraction of sp³-hybridized carbons (Fsp3) is 0.682. The maximum absolute atomic E-state index is 12.9. The molecule has 1 aromatic rings. The number of alkyl halides is 3. The Bertz CT molecular complexity index is 713. The van der Waals surface area contributed by atoms with Gasteiger partial charge in [0.2, 0.25) is 0 Å². The van der Waals surface area contributed by atoms with Crippen molar-refractivity contribution >= 4 is 6.03 Å². The lowest BCUT2D eigenvalue weighted by Crippen LogP contribution is -2.53. The maximum Gasteiger partial charge on any atom is 0.416 e. The highest BCUT2D eigenvalue weighted by molar-refractivity contribution is 5.74. The van der Waals surface area contributed by atoms with Gasteiger partial charge in [-0.1, -0.05) is 18.2 Å². The number of benzene rings is 1. The largest absolute Gasteiger partial charge is 0.416 e. The Labute approximate surface area is 182 Å². The standard InChI is InChI=1S/C22H34F3N5O/c1-17(15-30-12-10-28(2)11-13-30)26-21(31)27-20-6-8-29(9-7-20)16-18-4-3-5-19(14-18)22(23,24)25/h3-5,14,17,20H,6-13,15-16H2,1-2H3,(H2,26,27,31). The Kier molecular flexibility index (Phi) is 8.18. The monoisotopic (exact) mass is 441 g/mol. The summed E-state index contributed by atoms with van der Waals surface area (Å²) in [7, 11) is 2.12. The molecule has 6 nitrogen and oxygen atoms in total. The smallest absolute Gasteiger partial charge is 0.335 e. The van der Waals surface area contributed by atoms with Crippen LogP contribution in [0.1, 0.15) is 30.9 Å². The van der Waals surface area contributed by atoms with Crippen LogP contribution in [0, 0.1) is 0 Å². The minimum absolute atomic E-state index is 0.0735. The minimum Gasteiger partial charge on any atom is -0.335 e. The Balaban J connectivity index is 1.36. The zero-order chi connectivity index (χ0) is 22.4. The van der Waals surface area contributed by atoms with Gasteiger partial charge in [0.1, 0.15) is 0 Å². The molecule has 2 amide bonds. The molecular formula is C22H34F3N5O. The molecule has 1 aromatic carbocycles. The molecular weight excluding hydrogens is 407 g/mol. The normalized spacial score (nSPS) is 21.1. The van der Waals surface area contributed by atoms with E-state index in [9.17, 15) is 18.0 Å². The summed E-state index contributed by atoms with van der Waals surface area (Å²) in [6.45, 7) is 9.01. The number of piperazine rings is 1. The third kappa shape index (κ3) is 7.66. The first-order valence-electron chi connectivity index (χ1n) is 11.1. The number of halogens is 3. The first-order chi connectivity index (χ1) is 14.7. The highest BCUT2D eigenvalue weighted by Crippen LogP contribution is 2.30. The van der Waals surface area contributed by atoms with Crippen molar-refractivity contribution in [2.24, 2.45) is 0 Å². The molecule has 1 unspecified atom stereocenters. The van der Waals surface area contributed by atoms with Gasteiger partial charge in [-0.2, -0.15) is 13.2 Å². The van der Waals surface area contributed by atoms with E-state index in [0.717, 1.165) is 64.7 Å². The second-order valence-corrected chi connectivity index (χ2v) is 8.87. The SMILES string of the molecule is CC(CN1CCN(C)CC1)NC(=O)NC1CCN(Cc2cccc(C(F)(F)F)c2)CC1. The predicted octanol–water partition coefficient (Wildman–Crippen LogP) is 2.60. The number of carbonyl (C=O) groups is 1. The van der Waals surface area contributed by atoms with Crippen molar-refractivity contribution in [2.45, 2.75) is 44.6 Å². The van der Waals surface area contributed by atoms with Gasteiger partial charge in [-0.05, 0) is 38.4 Å². The van der Waals surface area contributed by atoms with Crippen LogP contribution in [0.3, 0.4) is 0 Å². The van der Waals surface area contributed by atoms with Crippen molar-refractivity contribution in [2.75, 3.05) is 52.9 Å². The predicted molar refractivity (Wildman–Crippen MR) is 115 cm³/mol. The van der Waals surface area contributed by atoms with Gasteiger partial charge in [-0.3, -0.25) is 9.80 Å². The van der Waals surface area contributed by atoms with Gasteiger partial charge in [-0.25, -0.2) is 4.79 Å². The van der Waals surface area contributed by atoms with E-state index in [1.165, 1.54) is 12.1 Å². The van der Waals surface area contributed by atoms with Crippen molar-refractivity contribution in [1.29, 1.82) is 0 Å². The summed E-state index contributed by atoms with van der Waals surface area (Å²) in [5.74, 6) is 0. The summed E-state index contributed by atoms with van der Waals surface area (Å²) >= 11 is 0. The van der Waals surface area contributed by atoms with Crippen molar-refractivity contribution in [3.05, 3.63) is 35.4 Å². The number of likely N-dealkylation sites (N-methyl/N-ethyl adjacent to an activating group) is 1. The Morgan fingerprint density at radius 1 is 1.10 bits per heavy atom. The summed E-state index contributed by atoms with van der Waals surface area (Å²) in [5.41, 5.74) is 0.0561. The summed E-state index contributed by atoms with van der Waals surface area (Å²) in [5, 5.41) is 6.09. The Morgan fingerprint density at radius 3 is 2.42 bits per heavy atom. The third-order valence-corrected chi connectivity index (χ3v) is 6.09. The van der Waals surface area contributed by atoms with Gasteiger partial charge in [0.05, 0.1) is 5.56 Å². The van der Waals surface area contributed by atoms with Gasteiger partial charge in [0.15, 0.2) is 0 Å². The molecule has 2 aliphatic heterocycles. The van der Waals surface area contributed by atoms with E-state index >= 15 is 0 Å². The Morgan fingerprint density at radius 2 is 1.77 bits per heavy atom. The van der Waals surface area contributed by atoms with E-state index in [4.69, 9.17) is 0 Å². The molecule has 2 heterocycles. The van der Waals surface area contributed by atoms with E-state index in [1.54, 1.807) is 6.07 Å². The minimum atomic E-state index is -4.32. The van der Waals surface area contributed by atoms with Crippen LogP contribution >= 0.6 is 0 Å². The lowest BCUT2D eigenvalue weighted by Gasteiger charge is -2.34. The molecule has 9 heteroatoms. The molecule has 2 fully saturated rings. The van der Waals surface area contributed by atoms with E-state index in [-0.39, 0.29) is 18.1 Å². The van der Waals surface area contributed by atoms with Crippen molar-refractivity contribution in [3.63, 3.8) is 0 Å². The van der Waals surface area contributed by atoms with Crippen LogP contribution in [0.5, 0.6) is 0 Å². The van der Waals surface area contributed by atoms with Crippen LogP contribution in [0.4, 0.5) is 18.0 Å². The number of nitrogens with one attached hydrogen (secondary N) is 2. The lowest BCUT2D eigenvalue weighted by atomic mass is 10.0. The first kappa shape index (κ1) is 23.8. The van der Waals surface area contributed by atoms with Crippen LogP contribution < -0.4 is 10.6 Å². The van der Waals surface area contributed by atoms with Crippen molar-refractivity contribution < 1.29 is 18.0 Å². The average molecular weight is 442 g/mol. The molecule has 3 rings (SSSR count). The molecule has 0 aromatic heterocycles. The van der Waals surface area contributed by atoms with E-state index in [2.05, 4.69) is 32.4 Å². The highest BCUT2D eigenvalue weighted by Gasteiger charge is 2.30. The van der Waals surface area contributed by atoms with E-state index in [0.29, 0.717) is 12.1 Å². The van der Waals surface area contributed by atoms with Gasteiger partial charge >= 0.3 is 12.2 Å². The molecule has 0 radical (unpaired) electrons. The summed E-state index contributed by atoms with van der Waals surface area (Å²) in [6.07, 6.45) is -2.74. The number of likely N-dealkylation sites (tertiary alicyclic amines) is 1. The molecule has 174 valence electrons. The van der Waals surface area contributed by atoms with Crippen LogP contribution in [0.25, 0.3) is 0 Å².